The van der Waals surface area contributed by atoms with Crippen LogP contribution in [0.15, 0.2) is 36.0 Å². The number of hydrogen-bond acceptors (Lipinski definition) is 3. The number of fused-ring (bicyclic) bond motifs is 1. The third-order valence-corrected chi connectivity index (χ3v) is 2.80. The van der Waals surface area contributed by atoms with E-state index in [0.717, 1.165) is 16.5 Å². The molecule has 0 aliphatic carbocycles. The largest absolute Gasteiger partial charge is 0.462 e. The average Bonchev–Trinajstić information content (AvgIpc) is 2.79. The van der Waals surface area contributed by atoms with Gasteiger partial charge in [0.2, 0.25) is 0 Å². The molecule has 1 N–H and O–H groups in total. The van der Waals surface area contributed by atoms with Gasteiger partial charge in [-0.3, -0.25) is 4.79 Å². The van der Waals surface area contributed by atoms with Gasteiger partial charge >= 0.3 is 5.97 Å². The van der Waals surface area contributed by atoms with E-state index >= 15 is 0 Å². The molecule has 0 bridgehead atoms. The normalized spacial score (nSPS) is 11.6. The van der Waals surface area contributed by atoms with Gasteiger partial charge in [0.15, 0.2) is 5.78 Å². The molecule has 0 fully saturated rings. The number of hydrogen-bond donors (Lipinski definition) is 1. The summed E-state index contributed by atoms with van der Waals surface area (Å²) in [6, 6.07) is 7.69. The van der Waals surface area contributed by atoms with Crippen molar-refractivity contribution < 1.29 is 14.3 Å². The van der Waals surface area contributed by atoms with E-state index in [1.54, 1.807) is 19.2 Å². The first-order valence-electron chi connectivity index (χ1n) is 6.09. The van der Waals surface area contributed by atoms with E-state index in [9.17, 15) is 9.59 Å². The summed E-state index contributed by atoms with van der Waals surface area (Å²) >= 11 is 0. The molecule has 0 aliphatic heterocycles. The van der Waals surface area contributed by atoms with Crippen LogP contribution in [0.3, 0.4) is 0 Å². The van der Waals surface area contributed by atoms with Gasteiger partial charge in [0, 0.05) is 22.7 Å². The van der Waals surface area contributed by atoms with Crippen LogP contribution in [0.1, 0.15) is 19.4 Å². The summed E-state index contributed by atoms with van der Waals surface area (Å²) in [5.41, 5.74) is 1.82. The topological polar surface area (TPSA) is 59.2 Å². The Morgan fingerprint density at radius 1 is 1.32 bits per heavy atom. The summed E-state index contributed by atoms with van der Waals surface area (Å²) in [7, 11) is 0. The molecule has 4 heteroatoms. The molecule has 1 aromatic heterocycles. The fraction of sp³-hybridized carbons (Fsp3) is 0.200. The predicted octanol–water partition coefficient (Wildman–Crippen LogP) is 2.70. The SMILES string of the molecule is CCOC(=O)/C(=C/c1c[nH]c2ccccc12)C(C)=O. The zero-order valence-corrected chi connectivity index (χ0v) is 10.9. The Kier molecular flexibility index (Phi) is 3.80. The van der Waals surface area contributed by atoms with Gasteiger partial charge in [0.25, 0.3) is 0 Å². The molecule has 0 atom stereocenters. The summed E-state index contributed by atoms with van der Waals surface area (Å²) in [6.07, 6.45) is 3.34. The van der Waals surface area contributed by atoms with E-state index in [-0.39, 0.29) is 18.0 Å². The van der Waals surface area contributed by atoms with Crippen LogP contribution in [-0.2, 0) is 14.3 Å². The van der Waals surface area contributed by atoms with E-state index in [4.69, 9.17) is 4.74 Å². The van der Waals surface area contributed by atoms with Crippen molar-refractivity contribution in [3.8, 4) is 0 Å². The first-order chi connectivity index (χ1) is 9.13. The summed E-state index contributed by atoms with van der Waals surface area (Å²) in [6.45, 7) is 3.32. The molecule has 0 spiro atoms. The maximum atomic E-state index is 11.7. The zero-order chi connectivity index (χ0) is 13.8. The van der Waals surface area contributed by atoms with Gasteiger partial charge in [0.1, 0.15) is 5.57 Å². The van der Waals surface area contributed by atoms with Gasteiger partial charge in [-0.25, -0.2) is 4.79 Å². The van der Waals surface area contributed by atoms with Gasteiger partial charge in [-0.2, -0.15) is 0 Å². The molecule has 0 aliphatic rings. The van der Waals surface area contributed by atoms with E-state index in [1.807, 2.05) is 24.3 Å². The van der Waals surface area contributed by atoms with Gasteiger partial charge in [-0.05, 0) is 26.0 Å². The fourth-order valence-electron chi connectivity index (χ4n) is 1.88. The zero-order valence-electron chi connectivity index (χ0n) is 10.9. The number of rotatable bonds is 4. The maximum Gasteiger partial charge on any atom is 0.341 e. The van der Waals surface area contributed by atoms with Gasteiger partial charge in [0.05, 0.1) is 6.61 Å². The molecular formula is C15H15NO3. The monoisotopic (exact) mass is 257 g/mol. The van der Waals surface area contributed by atoms with Gasteiger partial charge in [-0.1, -0.05) is 18.2 Å². The summed E-state index contributed by atoms with van der Waals surface area (Å²) < 4.78 is 4.89. The molecule has 2 rings (SSSR count). The van der Waals surface area contributed by atoms with Crippen LogP contribution in [0, 0.1) is 0 Å². The highest BCUT2D eigenvalue weighted by Crippen LogP contribution is 2.20. The molecule has 0 amide bonds. The number of ketones is 1. The van der Waals surface area contributed by atoms with Crippen LogP contribution in [-0.4, -0.2) is 23.3 Å². The molecular weight excluding hydrogens is 242 g/mol. The van der Waals surface area contributed by atoms with Gasteiger partial charge in [-0.15, -0.1) is 0 Å². The highest BCUT2D eigenvalue weighted by molar-refractivity contribution is 6.20. The Bertz CT molecular complexity index is 652. The molecule has 0 unspecified atom stereocenters. The number of aromatic nitrogens is 1. The minimum Gasteiger partial charge on any atom is -0.462 e. The lowest BCUT2D eigenvalue weighted by Gasteiger charge is -2.03. The second-order valence-corrected chi connectivity index (χ2v) is 4.12. The molecule has 19 heavy (non-hydrogen) atoms. The number of carbonyl (C=O) groups excluding carboxylic acids is 2. The second kappa shape index (κ2) is 5.52. The number of aromatic amines is 1. The fourth-order valence-corrected chi connectivity index (χ4v) is 1.88. The molecule has 98 valence electrons. The quantitative estimate of drug-likeness (QED) is 0.396. The van der Waals surface area contributed by atoms with Crippen molar-refractivity contribution >= 4 is 28.7 Å². The first-order valence-corrected chi connectivity index (χ1v) is 6.09. The van der Waals surface area contributed by atoms with Crippen molar-refractivity contribution in [3.05, 3.63) is 41.6 Å². The minimum absolute atomic E-state index is 0.0617. The van der Waals surface area contributed by atoms with Crippen molar-refractivity contribution in [2.75, 3.05) is 6.61 Å². The Labute approximate surface area is 111 Å². The van der Waals surface area contributed by atoms with Crippen molar-refractivity contribution in [1.29, 1.82) is 0 Å². The highest BCUT2D eigenvalue weighted by atomic mass is 16.5. The number of nitrogens with one attached hydrogen (secondary N) is 1. The predicted molar refractivity (Wildman–Crippen MR) is 73.6 cm³/mol. The number of Topliss-reactive ketones (excluding diaryl/α,β-unsaturated/α-hetero) is 1. The molecule has 1 aromatic carbocycles. The van der Waals surface area contributed by atoms with Crippen LogP contribution >= 0.6 is 0 Å². The number of ether oxygens (including phenoxy) is 1. The molecule has 4 nitrogen and oxygen atoms in total. The summed E-state index contributed by atoms with van der Waals surface area (Å²) in [5, 5.41) is 0.963. The molecule has 0 saturated heterocycles. The highest BCUT2D eigenvalue weighted by Gasteiger charge is 2.16. The summed E-state index contributed by atoms with van der Waals surface area (Å²) in [4.78, 5) is 26.4. The third-order valence-electron chi connectivity index (χ3n) is 2.80. The van der Waals surface area contributed by atoms with Crippen LogP contribution in [0.2, 0.25) is 0 Å². The number of benzene rings is 1. The molecule has 0 saturated carbocycles. The number of para-hydroxylation sites is 1. The molecule has 0 radical (unpaired) electrons. The number of carbonyl (C=O) groups is 2. The van der Waals surface area contributed by atoms with Crippen LogP contribution in [0.25, 0.3) is 17.0 Å². The second-order valence-electron chi connectivity index (χ2n) is 4.12. The van der Waals surface area contributed by atoms with E-state index in [0.29, 0.717) is 0 Å². The Morgan fingerprint density at radius 3 is 2.74 bits per heavy atom. The third kappa shape index (κ3) is 2.73. The van der Waals surface area contributed by atoms with Crippen LogP contribution in [0.4, 0.5) is 0 Å². The van der Waals surface area contributed by atoms with E-state index in [1.165, 1.54) is 6.92 Å². The lowest BCUT2D eigenvalue weighted by atomic mass is 10.1. The average molecular weight is 257 g/mol. The Hall–Kier alpha value is -2.36. The molecule has 2 aromatic rings. The van der Waals surface area contributed by atoms with Crippen molar-refractivity contribution in [1.82, 2.24) is 4.98 Å². The lowest BCUT2D eigenvalue weighted by Crippen LogP contribution is -2.13. The molecule has 1 heterocycles. The van der Waals surface area contributed by atoms with E-state index in [2.05, 4.69) is 4.98 Å². The number of H-pyrrole nitrogens is 1. The summed E-state index contributed by atoms with van der Waals surface area (Å²) in [5.74, 6) is -0.885. The van der Waals surface area contributed by atoms with Gasteiger partial charge < -0.3 is 9.72 Å². The first kappa shape index (κ1) is 13.1. The maximum absolute atomic E-state index is 11.7. The Morgan fingerprint density at radius 2 is 2.05 bits per heavy atom. The smallest absolute Gasteiger partial charge is 0.341 e. The van der Waals surface area contributed by atoms with Crippen molar-refractivity contribution in [2.45, 2.75) is 13.8 Å². The van der Waals surface area contributed by atoms with Crippen molar-refractivity contribution in [3.63, 3.8) is 0 Å². The van der Waals surface area contributed by atoms with E-state index < -0.39 is 5.97 Å². The minimum atomic E-state index is -0.583. The standard InChI is InChI=1S/C15H15NO3/c1-3-19-15(18)13(10(2)17)8-11-9-16-14-7-5-4-6-12(11)14/h4-9,16H,3H2,1-2H3/b13-8+. The lowest BCUT2D eigenvalue weighted by molar-refractivity contribution is -0.139. The number of esters is 1. The van der Waals surface area contributed by atoms with Crippen LogP contribution in [0.5, 0.6) is 0 Å². The van der Waals surface area contributed by atoms with Crippen LogP contribution < -0.4 is 0 Å². The Balaban J connectivity index is 2.46. The van der Waals surface area contributed by atoms with Crippen molar-refractivity contribution in [2.24, 2.45) is 0 Å².